The van der Waals surface area contributed by atoms with E-state index in [1.807, 2.05) is 23.5 Å². The maximum absolute atomic E-state index is 2.59. The summed E-state index contributed by atoms with van der Waals surface area (Å²) in [5.41, 5.74) is 18.9. The van der Waals surface area contributed by atoms with Crippen LogP contribution in [-0.2, 0) is 10.8 Å². The zero-order valence-electron chi connectivity index (χ0n) is 39.9. The quantitative estimate of drug-likeness (QED) is 0.121. The fourth-order valence-electron chi connectivity index (χ4n) is 14.0. The van der Waals surface area contributed by atoms with Crippen molar-refractivity contribution in [1.82, 2.24) is 0 Å². The van der Waals surface area contributed by atoms with Gasteiger partial charge in [0.1, 0.15) is 0 Å². The zero-order chi connectivity index (χ0) is 46.6. The van der Waals surface area contributed by atoms with Crippen molar-refractivity contribution in [2.24, 2.45) is 0 Å². The fraction of sp³-hybridized carbons (Fsp3) is 0.152. The second-order valence-corrected chi connectivity index (χ2v) is 22.1. The van der Waals surface area contributed by atoms with Crippen LogP contribution in [-0.4, -0.2) is 0 Å². The van der Waals surface area contributed by atoms with Crippen molar-refractivity contribution in [2.45, 2.75) is 83.8 Å². The molecule has 0 spiro atoms. The van der Waals surface area contributed by atoms with E-state index >= 15 is 0 Å². The highest BCUT2D eigenvalue weighted by Crippen LogP contribution is 2.62. The third-order valence-corrected chi connectivity index (χ3v) is 19.6. The molecule has 2 aliphatic carbocycles. The average Bonchev–Trinajstić information content (AvgIpc) is 3.85. The van der Waals surface area contributed by atoms with Crippen molar-refractivity contribution in [3.8, 4) is 22.3 Å². The number of nitrogens with zero attached hydrogens (tertiary/aromatic N) is 2. The SMILES string of the molecule is CCC1(CC)c2ccccc2-c2cc3c(cc21)N(c1ccc2c4ccc(N5c6ccccc6Sc6cc7c(cc65)C(CC)(CC)c5ccccc5-7)c5cccc(c6cccc1c62)c54)c1ccccc1S3. The van der Waals surface area contributed by atoms with Gasteiger partial charge in [-0.2, -0.15) is 0 Å². The Kier molecular flexibility index (Phi) is 8.62. The molecule has 11 aromatic carbocycles. The average molecular weight is 935 g/mol. The molecule has 11 aromatic rings. The Hall–Kier alpha value is -6.98. The van der Waals surface area contributed by atoms with E-state index in [0.29, 0.717) is 0 Å². The van der Waals surface area contributed by atoms with Gasteiger partial charge in [0.05, 0.1) is 34.1 Å². The predicted molar refractivity (Wildman–Crippen MR) is 299 cm³/mol. The Morgan fingerprint density at radius 1 is 0.300 bits per heavy atom. The maximum Gasteiger partial charge on any atom is 0.0605 e. The zero-order valence-corrected chi connectivity index (χ0v) is 41.5. The fourth-order valence-corrected chi connectivity index (χ4v) is 16.2. The summed E-state index contributed by atoms with van der Waals surface area (Å²) in [6.07, 6.45) is 4.26. The summed E-state index contributed by atoms with van der Waals surface area (Å²) in [7, 11) is 0. The van der Waals surface area contributed by atoms with Gasteiger partial charge in [0, 0.05) is 41.2 Å². The van der Waals surface area contributed by atoms with Gasteiger partial charge in [0.25, 0.3) is 0 Å². The van der Waals surface area contributed by atoms with Crippen LogP contribution in [0.1, 0.15) is 75.6 Å². The van der Waals surface area contributed by atoms with Crippen molar-refractivity contribution in [3.63, 3.8) is 0 Å². The van der Waals surface area contributed by atoms with Gasteiger partial charge in [-0.15, -0.1) is 0 Å². The second-order valence-electron chi connectivity index (χ2n) is 19.9. The van der Waals surface area contributed by atoms with Crippen LogP contribution in [0.4, 0.5) is 34.1 Å². The molecule has 2 heterocycles. The molecule has 0 unspecified atom stereocenters. The Labute approximate surface area is 418 Å². The molecule has 2 nitrogen and oxygen atoms in total. The van der Waals surface area contributed by atoms with E-state index in [1.165, 1.54) is 141 Å². The minimum Gasteiger partial charge on any atom is -0.308 e. The van der Waals surface area contributed by atoms with Crippen molar-refractivity contribution < 1.29 is 0 Å². The van der Waals surface area contributed by atoms with Crippen molar-refractivity contribution in [3.05, 3.63) is 204 Å². The minimum atomic E-state index is -0.0197. The summed E-state index contributed by atoms with van der Waals surface area (Å²) in [6.45, 7) is 9.50. The second kappa shape index (κ2) is 14.8. The highest BCUT2D eigenvalue weighted by atomic mass is 32.2. The molecule has 70 heavy (non-hydrogen) atoms. The van der Waals surface area contributed by atoms with E-state index in [1.54, 1.807) is 0 Å². The lowest BCUT2D eigenvalue weighted by atomic mass is 9.74. The predicted octanol–water partition coefficient (Wildman–Crippen LogP) is 19.8. The van der Waals surface area contributed by atoms with Gasteiger partial charge in [0.15, 0.2) is 0 Å². The molecular weight excluding hydrogens is 885 g/mol. The van der Waals surface area contributed by atoms with E-state index < -0.39 is 0 Å². The molecule has 0 aromatic heterocycles. The molecule has 336 valence electrons. The highest BCUT2D eigenvalue weighted by molar-refractivity contribution is 8.00. The Balaban J connectivity index is 0.948. The first-order chi connectivity index (χ1) is 34.5. The lowest BCUT2D eigenvalue weighted by Gasteiger charge is -2.36. The number of hydrogen-bond acceptors (Lipinski definition) is 4. The normalized spacial score (nSPS) is 15.4. The summed E-state index contributed by atoms with van der Waals surface area (Å²) in [5.74, 6) is 0. The Morgan fingerprint density at radius 3 is 1.13 bits per heavy atom. The molecular formula is C66H50N2S2. The first kappa shape index (κ1) is 40.9. The van der Waals surface area contributed by atoms with Crippen LogP contribution in [0, 0.1) is 0 Å². The van der Waals surface area contributed by atoms with E-state index in [4.69, 9.17) is 0 Å². The van der Waals surface area contributed by atoms with E-state index in [2.05, 4.69) is 219 Å². The summed E-state index contributed by atoms with van der Waals surface area (Å²) in [4.78, 5) is 10.4. The van der Waals surface area contributed by atoms with Gasteiger partial charge < -0.3 is 9.80 Å². The smallest absolute Gasteiger partial charge is 0.0605 e. The van der Waals surface area contributed by atoms with Gasteiger partial charge in [-0.05, 0) is 163 Å². The highest BCUT2D eigenvalue weighted by Gasteiger charge is 2.44. The largest absolute Gasteiger partial charge is 0.308 e. The van der Waals surface area contributed by atoms with Gasteiger partial charge in [-0.1, -0.05) is 173 Å². The molecule has 0 fully saturated rings. The van der Waals surface area contributed by atoms with Crippen molar-refractivity contribution in [1.29, 1.82) is 0 Å². The third kappa shape index (κ3) is 5.13. The first-order valence-electron chi connectivity index (χ1n) is 25.3. The standard InChI is InChI=1S/C66H50N2S2/c1-5-65(6-2)49-25-11-9-19-39(49)47-35-61-57(37-51(47)65)67(55-27-13-15-29-59(55)69-61)53-33-31-43-44-32-34-54(46-24-18-22-42(64(44)46)41-21-17-23-45(53)63(41)43)68-56-28-14-16-30-60(56)70-62-36-48-40-20-10-12-26-50(40)66(7-3,8-4)52(48)38-58(62)68/h9-38H,5-8H2,1-4H3. The van der Waals surface area contributed by atoms with Crippen LogP contribution in [0.5, 0.6) is 0 Å². The van der Waals surface area contributed by atoms with Crippen molar-refractivity contribution in [2.75, 3.05) is 9.80 Å². The molecule has 0 saturated carbocycles. The number of rotatable bonds is 6. The minimum absolute atomic E-state index is 0.0197. The summed E-state index contributed by atoms with van der Waals surface area (Å²) >= 11 is 3.83. The maximum atomic E-state index is 2.59. The summed E-state index contributed by atoms with van der Waals surface area (Å²) in [6, 6.07) is 70.3. The van der Waals surface area contributed by atoms with Crippen LogP contribution in [0.25, 0.3) is 65.3 Å². The van der Waals surface area contributed by atoms with Gasteiger partial charge in [-0.25, -0.2) is 0 Å². The third-order valence-electron chi connectivity index (χ3n) is 17.3. The van der Waals surface area contributed by atoms with Gasteiger partial charge in [0.2, 0.25) is 0 Å². The van der Waals surface area contributed by atoms with Crippen LogP contribution in [0.15, 0.2) is 202 Å². The Morgan fingerprint density at radius 2 is 0.686 bits per heavy atom. The summed E-state index contributed by atoms with van der Waals surface area (Å²) < 4.78 is 0. The lowest BCUT2D eigenvalue weighted by molar-refractivity contribution is 0.490. The van der Waals surface area contributed by atoms with Crippen LogP contribution >= 0.6 is 23.5 Å². The van der Waals surface area contributed by atoms with Gasteiger partial charge in [-0.3, -0.25) is 0 Å². The molecule has 0 radical (unpaired) electrons. The molecule has 0 amide bonds. The molecule has 4 heteroatoms. The number of anilines is 6. The van der Waals surface area contributed by atoms with Crippen molar-refractivity contribution >= 4 is 101 Å². The number of benzene rings is 11. The number of fused-ring (bicyclic) bond motifs is 12. The summed E-state index contributed by atoms with van der Waals surface area (Å²) in [5, 5.41) is 10.4. The molecule has 2 aliphatic heterocycles. The molecule has 0 bridgehead atoms. The number of hydrogen-bond donors (Lipinski definition) is 0. The Bertz CT molecular complexity index is 3760. The topological polar surface area (TPSA) is 6.48 Å². The van der Waals surface area contributed by atoms with E-state index in [0.717, 1.165) is 25.7 Å². The van der Waals surface area contributed by atoms with Crippen LogP contribution in [0.2, 0.25) is 0 Å². The molecule has 15 rings (SSSR count). The molecule has 4 aliphatic rings. The van der Waals surface area contributed by atoms with E-state index in [-0.39, 0.29) is 10.8 Å². The molecule has 0 N–H and O–H groups in total. The monoisotopic (exact) mass is 934 g/mol. The van der Waals surface area contributed by atoms with Crippen LogP contribution < -0.4 is 9.80 Å². The molecule has 0 atom stereocenters. The molecule has 0 saturated heterocycles. The van der Waals surface area contributed by atoms with E-state index in [9.17, 15) is 0 Å². The van der Waals surface area contributed by atoms with Gasteiger partial charge >= 0.3 is 0 Å². The van der Waals surface area contributed by atoms with Crippen LogP contribution in [0.3, 0.4) is 0 Å². The lowest BCUT2D eigenvalue weighted by Crippen LogP contribution is -2.24. The number of para-hydroxylation sites is 2. The first-order valence-corrected chi connectivity index (χ1v) is 27.0.